The van der Waals surface area contributed by atoms with Gasteiger partial charge in [-0.05, 0) is 24.8 Å². The third-order valence-electron chi connectivity index (χ3n) is 2.84. The molecule has 1 aromatic carbocycles. The molecule has 0 amide bonds. The van der Waals surface area contributed by atoms with Crippen molar-refractivity contribution in [2.24, 2.45) is 0 Å². The van der Waals surface area contributed by atoms with Crippen molar-refractivity contribution in [3.05, 3.63) is 35.9 Å². The van der Waals surface area contributed by atoms with E-state index in [-0.39, 0.29) is 0 Å². The highest BCUT2D eigenvalue weighted by atomic mass is 14.9. The molecule has 0 saturated heterocycles. The minimum atomic E-state index is 0.540. The minimum absolute atomic E-state index is 0.540. The third kappa shape index (κ3) is 5.56. The highest BCUT2D eigenvalue weighted by Gasteiger charge is 2.10. The van der Waals surface area contributed by atoms with Crippen LogP contribution in [0.3, 0.4) is 0 Å². The molecule has 0 aliphatic rings. The van der Waals surface area contributed by atoms with Gasteiger partial charge in [0.15, 0.2) is 0 Å². The summed E-state index contributed by atoms with van der Waals surface area (Å²) in [7, 11) is 0. The first-order chi connectivity index (χ1) is 8.24. The number of rotatable bonds is 6. The summed E-state index contributed by atoms with van der Waals surface area (Å²) in [4.78, 5) is 0. The standard InChI is InChI=1S/C16H23N/c1-4-5-7-12-16(13-17-14(2)3)15-10-8-6-9-11-15/h6,8-11,14,16-17H,7,12-13H2,1-3H3. The predicted molar refractivity (Wildman–Crippen MR) is 75.0 cm³/mol. The van der Waals surface area contributed by atoms with Gasteiger partial charge in [-0.15, -0.1) is 11.8 Å². The Morgan fingerprint density at radius 2 is 1.88 bits per heavy atom. The zero-order valence-electron chi connectivity index (χ0n) is 11.2. The Hall–Kier alpha value is -1.26. The molecular formula is C16H23N. The molecule has 1 heteroatoms. The molecule has 1 atom stereocenters. The van der Waals surface area contributed by atoms with Crippen molar-refractivity contribution < 1.29 is 0 Å². The van der Waals surface area contributed by atoms with Crippen LogP contribution in [0.2, 0.25) is 0 Å². The van der Waals surface area contributed by atoms with Gasteiger partial charge >= 0.3 is 0 Å². The average Bonchev–Trinajstić information content (AvgIpc) is 2.34. The van der Waals surface area contributed by atoms with E-state index >= 15 is 0 Å². The fourth-order valence-electron chi connectivity index (χ4n) is 1.86. The highest BCUT2D eigenvalue weighted by molar-refractivity contribution is 5.20. The molecule has 0 saturated carbocycles. The lowest BCUT2D eigenvalue weighted by atomic mass is 9.94. The lowest BCUT2D eigenvalue weighted by molar-refractivity contribution is 0.512. The molecule has 0 fully saturated rings. The Bertz CT molecular complexity index is 356. The summed E-state index contributed by atoms with van der Waals surface area (Å²) in [5.41, 5.74) is 1.42. The molecule has 92 valence electrons. The summed E-state index contributed by atoms with van der Waals surface area (Å²) in [6, 6.07) is 11.3. The fourth-order valence-corrected chi connectivity index (χ4v) is 1.86. The van der Waals surface area contributed by atoms with Crippen molar-refractivity contribution in [1.82, 2.24) is 5.32 Å². The summed E-state index contributed by atoms with van der Waals surface area (Å²) in [6.45, 7) is 7.32. The highest BCUT2D eigenvalue weighted by Crippen LogP contribution is 2.20. The van der Waals surface area contributed by atoms with E-state index in [1.54, 1.807) is 0 Å². The zero-order chi connectivity index (χ0) is 12.5. The van der Waals surface area contributed by atoms with E-state index in [0.29, 0.717) is 12.0 Å². The molecule has 0 aliphatic heterocycles. The van der Waals surface area contributed by atoms with E-state index in [1.165, 1.54) is 5.56 Å². The molecule has 0 radical (unpaired) electrons. The maximum absolute atomic E-state index is 3.52. The third-order valence-corrected chi connectivity index (χ3v) is 2.84. The Morgan fingerprint density at radius 3 is 2.47 bits per heavy atom. The molecule has 1 N–H and O–H groups in total. The summed E-state index contributed by atoms with van der Waals surface area (Å²) >= 11 is 0. The van der Waals surface area contributed by atoms with Crippen molar-refractivity contribution in [3.63, 3.8) is 0 Å². The fraction of sp³-hybridized carbons (Fsp3) is 0.500. The molecule has 0 spiro atoms. The molecular weight excluding hydrogens is 206 g/mol. The number of hydrogen-bond donors (Lipinski definition) is 1. The lowest BCUT2D eigenvalue weighted by Crippen LogP contribution is -2.28. The maximum Gasteiger partial charge on any atom is 0.00948 e. The molecule has 1 unspecified atom stereocenters. The van der Waals surface area contributed by atoms with Gasteiger partial charge in [-0.1, -0.05) is 44.2 Å². The van der Waals surface area contributed by atoms with Crippen LogP contribution in [-0.4, -0.2) is 12.6 Å². The van der Waals surface area contributed by atoms with Crippen LogP contribution in [0, 0.1) is 11.8 Å². The molecule has 0 bridgehead atoms. The van der Waals surface area contributed by atoms with Gasteiger partial charge < -0.3 is 5.32 Å². The van der Waals surface area contributed by atoms with Crippen LogP contribution in [0.1, 0.15) is 45.1 Å². The Morgan fingerprint density at radius 1 is 1.18 bits per heavy atom. The number of nitrogens with one attached hydrogen (secondary N) is 1. The van der Waals surface area contributed by atoms with Gasteiger partial charge in [0, 0.05) is 19.0 Å². The number of hydrogen-bond acceptors (Lipinski definition) is 1. The minimum Gasteiger partial charge on any atom is -0.314 e. The summed E-state index contributed by atoms with van der Waals surface area (Å²) in [5.74, 6) is 6.70. The second-order valence-corrected chi connectivity index (χ2v) is 4.64. The quantitative estimate of drug-likeness (QED) is 0.735. The summed E-state index contributed by atoms with van der Waals surface area (Å²) in [6.07, 6.45) is 2.11. The van der Waals surface area contributed by atoms with Crippen molar-refractivity contribution in [1.29, 1.82) is 0 Å². The van der Waals surface area contributed by atoms with E-state index in [1.807, 2.05) is 6.92 Å². The number of benzene rings is 1. The Balaban J connectivity index is 2.60. The Labute approximate surface area is 106 Å². The van der Waals surface area contributed by atoms with Gasteiger partial charge in [-0.3, -0.25) is 0 Å². The van der Waals surface area contributed by atoms with Crippen LogP contribution in [0.25, 0.3) is 0 Å². The van der Waals surface area contributed by atoms with Crippen molar-refractivity contribution in [3.8, 4) is 11.8 Å². The van der Waals surface area contributed by atoms with Gasteiger partial charge in [0.05, 0.1) is 0 Å². The normalized spacial score (nSPS) is 12.0. The van der Waals surface area contributed by atoms with Crippen molar-refractivity contribution in [2.45, 2.75) is 45.6 Å². The first-order valence-corrected chi connectivity index (χ1v) is 6.42. The van der Waals surface area contributed by atoms with E-state index < -0.39 is 0 Å². The molecule has 1 rings (SSSR count). The van der Waals surface area contributed by atoms with Gasteiger partial charge in [-0.2, -0.15) is 0 Å². The molecule has 1 nitrogen and oxygen atoms in total. The van der Waals surface area contributed by atoms with Gasteiger partial charge in [-0.25, -0.2) is 0 Å². The van der Waals surface area contributed by atoms with Crippen LogP contribution >= 0.6 is 0 Å². The van der Waals surface area contributed by atoms with E-state index in [0.717, 1.165) is 19.4 Å². The van der Waals surface area contributed by atoms with Gasteiger partial charge in [0.1, 0.15) is 0 Å². The average molecular weight is 229 g/mol. The SMILES string of the molecule is CC#CCCC(CNC(C)C)c1ccccc1. The van der Waals surface area contributed by atoms with Crippen molar-refractivity contribution in [2.75, 3.05) is 6.54 Å². The van der Waals surface area contributed by atoms with Crippen LogP contribution in [-0.2, 0) is 0 Å². The van der Waals surface area contributed by atoms with E-state index in [2.05, 4.69) is 61.3 Å². The smallest absolute Gasteiger partial charge is 0.00948 e. The molecule has 0 heterocycles. The van der Waals surface area contributed by atoms with Crippen LogP contribution in [0.5, 0.6) is 0 Å². The van der Waals surface area contributed by atoms with E-state index in [4.69, 9.17) is 0 Å². The molecule has 0 aliphatic carbocycles. The second-order valence-electron chi connectivity index (χ2n) is 4.64. The molecule has 17 heavy (non-hydrogen) atoms. The Kier molecular flexibility index (Phi) is 6.43. The van der Waals surface area contributed by atoms with Crippen LogP contribution in [0.4, 0.5) is 0 Å². The van der Waals surface area contributed by atoms with E-state index in [9.17, 15) is 0 Å². The summed E-state index contributed by atoms with van der Waals surface area (Å²) in [5, 5.41) is 3.52. The second kappa shape index (κ2) is 7.92. The first kappa shape index (κ1) is 13.8. The van der Waals surface area contributed by atoms with Crippen LogP contribution < -0.4 is 5.32 Å². The molecule has 1 aromatic rings. The van der Waals surface area contributed by atoms with Gasteiger partial charge in [0.2, 0.25) is 0 Å². The first-order valence-electron chi connectivity index (χ1n) is 6.42. The van der Waals surface area contributed by atoms with Crippen LogP contribution in [0.15, 0.2) is 30.3 Å². The lowest BCUT2D eigenvalue weighted by Gasteiger charge is -2.18. The molecule has 0 aromatic heterocycles. The largest absolute Gasteiger partial charge is 0.314 e. The van der Waals surface area contributed by atoms with Crippen molar-refractivity contribution >= 4 is 0 Å². The monoisotopic (exact) mass is 229 g/mol. The summed E-state index contributed by atoms with van der Waals surface area (Å²) < 4.78 is 0. The topological polar surface area (TPSA) is 12.0 Å². The maximum atomic E-state index is 3.52. The zero-order valence-corrected chi connectivity index (χ0v) is 11.2. The predicted octanol–water partition coefficient (Wildman–Crippen LogP) is 3.57. The van der Waals surface area contributed by atoms with Gasteiger partial charge in [0.25, 0.3) is 0 Å².